The molecular weight excluding hydrogens is 224 g/mol. The van der Waals surface area contributed by atoms with E-state index in [0.717, 1.165) is 18.0 Å². The molecule has 6 nitrogen and oxygen atoms in total. The number of nitrogen functional groups attached to an aromatic ring is 2. The van der Waals surface area contributed by atoms with Gasteiger partial charge in [0.2, 0.25) is 5.95 Å². The molecule has 2 aromatic heterocycles. The molecule has 2 heterocycles. The number of nitrogens with zero attached hydrogens (tertiary/aromatic N) is 3. The third-order valence-corrected chi connectivity index (χ3v) is 2.73. The molecule has 0 unspecified atom stereocenters. The van der Waals surface area contributed by atoms with Crippen LogP contribution in [-0.4, -0.2) is 21.5 Å². The lowest BCUT2D eigenvalue weighted by Gasteiger charge is -2.05. The summed E-state index contributed by atoms with van der Waals surface area (Å²) < 4.78 is 0. The van der Waals surface area contributed by atoms with E-state index in [1.807, 2.05) is 5.38 Å². The molecule has 0 spiro atoms. The number of rotatable bonds is 4. The van der Waals surface area contributed by atoms with Crippen molar-refractivity contribution in [2.24, 2.45) is 0 Å². The zero-order valence-corrected chi connectivity index (χ0v) is 9.37. The predicted molar refractivity (Wildman–Crippen MR) is 65.2 cm³/mol. The van der Waals surface area contributed by atoms with E-state index >= 15 is 0 Å². The Balaban J connectivity index is 1.89. The second kappa shape index (κ2) is 4.75. The van der Waals surface area contributed by atoms with E-state index in [1.54, 1.807) is 23.6 Å². The molecule has 0 aliphatic rings. The van der Waals surface area contributed by atoms with Crippen molar-refractivity contribution in [3.05, 3.63) is 22.7 Å². The van der Waals surface area contributed by atoms with E-state index in [1.165, 1.54) is 0 Å². The molecule has 84 valence electrons. The first-order valence-electron chi connectivity index (χ1n) is 4.76. The van der Waals surface area contributed by atoms with Crippen molar-refractivity contribution in [1.82, 2.24) is 15.0 Å². The Morgan fingerprint density at radius 3 is 2.88 bits per heavy atom. The quantitative estimate of drug-likeness (QED) is 0.724. The van der Waals surface area contributed by atoms with Crippen LogP contribution < -0.4 is 16.8 Å². The summed E-state index contributed by atoms with van der Waals surface area (Å²) in [6.07, 6.45) is 2.64. The fourth-order valence-corrected chi connectivity index (χ4v) is 1.87. The lowest BCUT2D eigenvalue weighted by Crippen LogP contribution is -2.09. The summed E-state index contributed by atoms with van der Waals surface area (Å²) in [4.78, 5) is 12.0. The molecule has 0 bridgehead atoms. The Labute approximate surface area is 96.7 Å². The SMILES string of the molecule is Nc1cc(NCCc2nccs2)nc(N)n1. The van der Waals surface area contributed by atoms with Crippen LogP contribution in [0.3, 0.4) is 0 Å². The Hall–Kier alpha value is -1.89. The molecule has 0 amide bonds. The molecule has 2 rings (SSSR count). The highest BCUT2D eigenvalue weighted by Gasteiger charge is 2.00. The number of nitrogens with two attached hydrogens (primary N) is 2. The van der Waals surface area contributed by atoms with Gasteiger partial charge in [0.25, 0.3) is 0 Å². The van der Waals surface area contributed by atoms with Gasteiger partial charge < -0.3 is 16.8 Å². The molecule has 0 saturated heterocycles. The van der Waals surface area contributed by atoms with Gasteiger partial charge in [0.05, 0.1) is 5.01 Å². The molecular formula is C9H12N6S. The molecule has 0 saturated carbocycles. The van der Waals surface area contributed by atoms with Crippen molar-refractivity contribution in [2.45, 2.75) is 6.42 Å². The number of anilines is 3. The first-order valence-corrected chi connectivity index (χ1v) is 5.64. The van der Waals surface area contributed by atoms with E-state index in [0.29, 0.717) is 11.6 Å². The number of aromatic nitrogens is 3. The van der Waals surface area contributed by atoms with Crippen LogP contribution in [0, 0.1) is 0 Å². The average molecular weight is 236 g/mol. The Kier molecular flexibility index (Phi) is 3.16. The highest BCUT2D eigenvalue weighted by atomic mass is 32.1. The first kappa shape index (κ1) is 10.6. The molecule has 0 aromatic carbocycles. The van der Waals surface area contributed by atoms with Crippen LogP contribution >= 0.6 is 11.3 Å². The zero-order chi connectivity index (χ0) is 11.4. The lowest BCUT2D eigenvalue weighted by molar-refractivity contribution is 0.985. The maximum absolute atomic E-state index is 5.54. The van der Waals surface area contributed by atoms with Gasteiger partial charge in [-0.1, -0.05) is 0 Å². The maximum Gasteiger partial charge on any atom is 0.223 e. The number of hydrogen-bond donors (Lipinski definition) is 3. The van der Waals surface area contributed by atoms with Crippen molar-refractivity contribution < 1.29 is 0 Å². The maximum atomic E-state index is 5.54. The fourth-order valence-electron chi connectivity index (χ4n) is 1.25. The summed E-state index contributed by atoms with van der Waals surface area (Å²) in [7, 11) is 0. The Morgan fingerprint density at radius 1 is 1.31 bits per heavy atom. The standard InChI is InChI=1S/C9H12N6S/c10-6-5-7(15-9(11)14-6)12-2-1-8-13-3-4-16-8/h3-5H,1-2H2,(H5,10,11,12,14,15). The summed E-state index contributed by atoms with van der Waals surface area (Å²) >= 11 is 1.63. The van der Waals surface area contributed by atoms with Gasteiger partial charge in [0.1, 0.15) is 11.6 Å². The zero-order valence-electron chi connectivity index (χ0n) is 8.55. The summed E-state index contributed by atoms with van der Waals surface area (Å²) in [5.74, 6) is 1.18. The van der Waals surface area contributed by atoms with E-state index in [9.17, 15) is 0 Å². The lowest BCUT2D eigenvalue weighted by atomic mass is 10.4. The Morgan fingerprint density at radius 2 is 2.19 bits per heavy atom. The molecule has 0 aliphatic carbocycles. The van der Waals surface area contributed by atoms with Gasteiger partial charge in [-0.2, -0.15) is 9.97 Å². The van der Waals surface area contributed by atoms with Crippen LogP contribution in [0.1, 0.15) is 5.01 Å². The van der Waals surface area contributed by atoms with Crippen LogP contribution in [0.25, 0.3) is 0 Å². The minimum atomic E-state index is 0.178. The van der Waals surface area contributed by atoms with Crippen molar-refractivity contribution >= 4 is 28.9 Å². The molecule has 0 atom stereocenters. The third kappa shape index (κ3) is 2.80. The van der Waals surface area contributed by atoms with Gasteiger partial charge in [0.15, 0.2) is 0 Å². The summed E-state index contributed by atoms with van der Waals surface area (Å²) in [5.41, 5.74) is 11.0. The van der Waals surface area contributed by atoms with Crippen LogP contribution in [-0.2, 0) is 6.42 Å². The smallest absolute Gasteiger partial charge is 0.223 e. The highest BCUT2D eigenvalue weighted by Crippen LogP contribution is 2.10. The van der Waals surface area contributed by atoms with Gasteiger partial charge in [-0.05, 0) is 0 Å². The summed E-state index contributed by atoms with van der Waals surface area (Å²) in [5, 5.41) is 6.16. The molecule has 0 aliphatic heterocycles. The molecule has 16 heavy (non-hydrogen) atoms. The highest BCUT2D eigenvalue weighted by molar-refractivity contribution is 7.09. The average Bonchev–Trinajstić information content (AvgIpc) is 2.69. The van der Waals surface area contributed by atoms with Crippen molar-refractivity contribution in [1.29, 1.82) is 0 Å². The largest absolute Gasteiger partial charge is 0.383 e. The van der Waals surface area contributed by atoms with E-state index in [2.05, 4.69) is 20.3 Å². The van der Waals surface area contributed by atoms with Crippen molar-refractivity contribution in [3.8, 4) is 0 Å². The molecule has 7 heteroatoms. The van der Waals surface area contributed by atoms with Gasteiger partial charge in [-0.15, -0.1) is 11.3 Å². The molecule has 0 radical (unpaired) electrons. The van der Waals surface area contributed by atoms with E-state index < -0.39 is 0 Å². The third-order valence-electron chi connectivity index (χ3n) is 1.89. The minimum Gasteiger partial charge on any atom is -0.383 e. The molecule has 5 N–H and O–H groups in total. The normalized spacial score (nSPS) is 10.2. The van der Waals surface area contributed by atoms with Gasteiger partial charge in [-0.3, -0.25) is 0 Å². The second-order valence-electron chi connectivity index (χ2n) is 3.14. The fraction of sp³-hybridized carbons (Fsp3) is 0.222. The summed E-state index contributed by atoms with van der Waals surface area (Å²) in [6, 6.07) is 1.65. The Bertz CT molecular complexity index is 435. The van der Waals surface area contributed by atoms with Crippen LogP contribution in [0.15, 0.2) is 17.6 Å². The predicted octanol–water partition coefficient (Wildman–Crippen LogP) is 0.752. The van der Waals surface area contributed by atoms with Gasteiger partial charge >= 0.3 is 0 Å². The van der Waals surface area contributed by atoms with Gasteiger partial charge in [-0.25, -0.2) is 4.98 Å². The van der Waals surface area contributed by atoms with Gasteiger partial charge in [0, 0.05) is 30.6 Å². The topological polar surface area (TPSA) is 103 Å². The van der Waals surface area contributed by atoms with Crippen LogP contribution in [0.2, 0.25) is 0 Å². The van der Waals surface area contributed by atoms with Crippen LogP contribution in [0.5, 0.6) is 0 Å². The van der Waals surface area contributed by atoms with E-state index in [4.69, 9.17) is 11.5 Å². The monoisotopic (exact) mass is 236 g/mol. The van der Waals surface area contributed by atoms with Crippen LogP contribution in [0.4, 0.5) is 17.6 Å². The molecule has 2 aromatic rings. The second-order valence-corrected chi connectivity index (χ2v) is 4.12. The van der Waals surface area contributed by atoms with Crippen molar-refractivity contribution in [2.75, 3.05) is 23.3 Å². The first-order chi connectivity index (χ1) is 7.74. The number of thiazole rings is 1. The minimum absolute atomic E-state index is 0.178. The number of nitrogens with one attached hydrogen (secondary N) is 1. The summed E-state index contributed by atoms with van der Waals surface area (Å²) in [6.45, 7) is 0.739. The molecule has 0 fully saturated rings. The van der Waals surface area contributed by atoms with Crippen molar-refractivity contribution in [3.63, 3.8) is 0 Å². The van der Waals surface area contributed by atoms with E-state index in [-0.39, 0.29) is 5.95 Å². The number of hydrogen-bond acceptors (Lipinski definition) is 7.